The zero-order chi connectivity index (χ0) is 14.7. The molecule has 0 spiro atoms. The first kappa shape index (κ1) is 15.1. The van der Waals surface area contributed by atoms with Crippen LogP contribution in [-0.2, 0) is 13.6 Å². The van der Waals surface area contributed by atoms with Gasteiger partial charge in [0.1, 0.15) is 11.8 Å². The van der Waals surface area contributed by atoms with Gasteiger partial charge >= 0.3 is 0 Å². The third-order valence-corrected chi connectivity index (χ3v) is 4.71. The number of aryl methyl sites for hydroxylation is 1. The maximum atomic E-state index is 9.00. The molecule has 0 N–H and O–H groups in total. The van der Waals surface area contributed by atoms with Gasteiger partial charge in [0, 0.05) is 25.8 Å². The minimum atomic E-state index is 0.666. The summed E-state index contributed by atoms with van der Waals surface area (Å²) in [5, 5.41) is 9.00. The number of hydrogen-bond acceptors (Lipinski definition) is 3. The Labute approximate surface area is 122 Å². The topological polar surface area (TPSA) is 35.2 Å². The summed E-state index contributed by atoms with van der Waals surface area (Å²) < 4.78 is 1.91. The van der Waals surface area contributed by atoms with Gasteiger partial charge in [-0.3, -0.25) is 4.90 Å². The van der Waals surface area contributed by atoms with E-state index in [-0.39, 0.29) is 0 Å². The van der Waals surface area contributed by atoms with Crippen LogP contribution in [0.4, 0.5) is 0 Å². The van der Waals surface area contributed by atoms with Gasteiger partial charge in [0.2, 0.25) is 0 Å². The van der Waals surface area contributed by atoms with E-state index in [2.05, 4.69) is 43.1 Å². The normalized spacial score (nSPS) is 19.2. The number of rotatable bonds is 4. The van der Waals surface area contributed by atoms with Crippen molar-refractivity contribution in [3.05, 3.63) is 23.5 Å². The van der Waals surface area contributed by atoms with Crippen molar-refractivity contribution >= 4 is 0 Å². The Hall–Kier alpha value is -1.31. The molecule has 1 saturated heterocycles. The van der Waals surface area contributed by atoms with Gasteiger partial charge in [0.05, 0.1) is 0 Å². The van der Waals surface area contributed by atoms with Crippen LogP contribution in [-0.4, -0.2) is 47.6 Å². The molecular formula is C16H26N4. The molecule has 0 radical (unpaired) electrons. The molecule has 1 aromatic rings. The van der Waals surface area contributed by atoms with Gasteiger partial charge in [0.15, 0.2) is 0 Å². The van der Waals surface area contributed by atoms with Gasteiger partial charge in [-0.05, 0) is 64.5 Å². The van der Waals surface area contributed by atoms with Crippen LogP contribution in [0.25, 0.3) is 0 Å². The number of nitriles is 1. The molecule has 110 valence electrons. The predicted octanol–water partition coefficient (Wildman–Crippen LogP) is 2.06. The minimum absolute atomic E-state index is 0.666. The summed E-state index contributed by atoms with van der Waals surface area (Å²) >= 11 is 0. The van der Waals surface area contributed by atoms with Crippen molar-refractivity contribution in [1.29, 1.82) is 5.26 Å². The van der Waals surface area contributed by atoms with Crippen molar-refractivity contribution in [3.63, 3.8) is 0 Å². The summed E-state index contributed by atoms with van der Waals surface area (Å²) in [7, 11) is 6.28. The molecule has 0 aliphatic carbocycles. The summed E-state index contributed by atoms with van der Waals surface area (Å²) in [5.41, 5.74) is 2.00. The molecule has 4 heteroatoms. The van der Waals surface area contributed by atoms with E-state index in [1.54, 1.807) is 0 Å². The number of nitrogens with zero attached hydrogens (tertiary/aromatic N) is 4. The third-order valence-electron chi connectivity index (χ3n) is 4.71. The van der Waals surface area contributed by atoms with Crippen LogP contribution in [0, 0.1) is 17.2 Å². The summed E-state index contributed by atoms with van der Waals surface area (Å²) in [6.45, 7) is 5.63. The van der Waals surface area contributed by atoms with E-state index in [1.807, 2.05) is 17.7 Å². The Morgan fingerprint density at radius 3 is 2.55 bits per heavy atom. The Morgan fingerprint density at radius 1 is 1.40 bits per heavy atom. The van der Waals surface area contributed by atoms with E-state index in [0.717, 1.165) is 18.2 Å². The third kappa shape index (κ3) is 3.41. The molecule has 2 rings (SSSR count). The van der Waals surface area contributed by atoms with Gasteiger partial charge in [-0.15, -0.1) is 0 Å². The highest BCUT2D eigenvalue weighted by Gasteiger charge is 2.25. The molecule has 1 fully saturated rings. The lowest BCUT2D eigenvalue weighted by molar-refractivity contribution is 0.121. The quantitative estimate of drug-likeness (QED) is 0.843. The van der Waals surface area contributed by atoms with Gasteiger partial charge in [-0.1, -0.05) is 0 Å². The van der Waals surface area contributed by atoms with E-state index >= 15 is 0 Å². The average Bonchev–Trinajstić information content (AvgIpc) is 2.78. The monoisotopic (exact) mass is 274 g/mol. The van der Waals surface area contributed by atoms with Gasteiger partial charge in [-0.2, -0.15) is 5.26 Å². The van der Waals surface area contributed by atoms with E-state index in [9.17, 15) is 0 Å². The summed E-state index contributed by atoms with van der Waals surface area (Å²) in [6, 6.07) is 4.90. The number of hydrogen-bond donors (Lipinski definition) is 0. The molecule has 0 aromatic carbocycles. The first-order valence-electron chi connectivity index (χ1n) is 7.45. The van der Waals surface area contributed by atoms with Gasteiger partial charge in [-0.25, -0.2) is 0 Å². The first-order valence-corrected chi connectivity index (χ1v) is 7.45. The zero-order valence-electron chi connectivity index (χ0n) is 13.1. The van der Waals surface area contributed by atoms with Crippen LogP contribution in [0.3, 0.4) is 0 Å². The molecule has 1 aromatic heterocycles. The van der Waals surface area contributed by atoms with Crippen molar-refractivity contribution in [2.45, 2.75) is 32.4 Å². The molecule has 20 heavy (non-hydrogen) atoms. The first-order chi connectivity index (χ1) is 9.51. The second-order valence-electron chi connectivity index (χ2n) is 6.27. The Bertz CT molecular complexity index is 475. The van der Waals surface area contributed by atoms with Crippen molar-refractivity contribution in [2.24, 2.45) is 13.0 Å². The second-order valence-corrected chi connectivity index (χ2v) is 6.27. The molecule has 2 heterocycles. The van der Waals surface area contributed by atoms with Crippen LogP contribution in [0.15, 0.2) is 12.3 Å². The Kier molecular flexibility index (Phi) is 4.85. The van der Waals surface area contributed by atoms with Gasteiger partial charge in [0.25, 0.3) is 0 Å². The standard InChI is InChI=1S/C16H26N4/c1-13(18(2)3)15-5-7-20(8-6-15)12-14-9-16(10-17)19(4)11-14/h9,11,13,15H,5-8,12H2,1-4H3/t13-/m1/s1. The molecule has 1 aliphatic heterocycles. The summed E-state index contributed by atoms with van der Waals surface area (Å²) in [5.74, 6) is 0.812. The van der Waals surface area contributed by atoms with Crippen molar-refractivity contribution in [3.8, 4) is 6.07 Å². The molecule has 1 atom stereocenters. The van der Waals surface area contributed by atoms with E-state index in [1.165, 1.54) is 31.5 Å². The second kappa shape index (κ2) is 6.43. The van der Waals surface area contributed by atoms with Gasteiger partial charge < -0.3 is 9.47 Å². The number of piperidine rings is 1. The fraction of sp³-hybridized carbons (Fsp3) is 0.688. The smallest absolute Gasteiger partial charge is 0.120 e. The largest absolute Gasteiger partial charge is 0.342 e. The highest BCUT2D eigenvalue weighted by molar-refractivity contribution is 5.28. The summed E-state index contributed by atoms with van der Waals surface area (Å²) in [6.07, 6.45) is 4.63. The Morgan fingerprint density at radius 2 is 2.05 bits per heavy atom. The van der Waals surface area contributed by atoms with Crippen LogP contribution in [0.1, 0.15) is 31.0 Å². The van der Waals surface area contributed by atoms with Crippen molar-refractivity contribution < 1.29 is 0 Å². The van der Waals surface area contributed by atoms with Crippen molar-refractivity contribution in [2.75, 3.05) is 27.2 Å². The average molecular weight is 274 g/mol. The molecule has 0 amide bonds. The molecule has 4 nitrogen and oxygen atoms in total. The number of likely N-dealkylation sites (tertiary alicyclic amines) is 1. The van der Waals surface area contributed by atoms with E-state index < -0.39 is 0 Å². The Balaban J connectivity index is 1.87. The molecule has 0 saturated carbocycles. The van der Waals surface area contributed by atoms with E-state index in [4.69, 9.17) is 5.26 Å². The van der Waals surface area contributed by atoms with Crippen LogP contribution < -0.4 is 0 Å². The maximum absolute atomic E-state index is 9.00. The van der Waals surface area contributed by atoms with E-state index in [0.29, 0.717) is 6.04 Å². The molecule has 0 unspecified atom stereocenters. The fourth-order valence-corrected chi connectivity index (χ4v) is 3.10. The molecule has 0 bridgehead atoms. The predicted molar refractivity (Wildman–Crippen MR) is 81.3 cm³/mol. The molecule has 1 aliphatic rings. The van der Waals surface area contributed by atoms with Crippen LogP contribution >= 0.6 is 0 Å². The highest BCUT2D eigenvalue weighted by Crippen LogP contribution is 2.24. The lowest BCUT2D eigenvalue weighted by Crippen LogP contribution is -2.41. The lowest BCUT2D eigenvalue weighted by Gasteiger charge is -2.37. The number of aromatic nitrogens is 1. The SMILES string of the molecule is C[C@H](C1CCN(Cc2cc(C#N)n(C)c2)CC1)N(C)C. The highest BCUT2D eigenvalue weighted by atomic mass is 15.1. The molecular weight excluding hydrogens is 248 g/mol. The zero-order valence-corrected chi connectivity index (χ0v) is 13.1. The lowest BCUT2D eigenvalue weighted by atomic mass is 9.89. The maximum Gasteiger partial charge on any atom is 0.120 e. The van der Waals surface area contributed by atoms with Crippen molar-refractivity contribution in [1.82, 2.24) is 14.4 Å². The summed E-state index contributed by atoms with van der Waals surface area (Å²) in [4.78, 5) is 4.84. The fourth-order valence-electron chi connectivity index (χ4n) is 3.10. The minimum Gasteiger partial charge on any atom is -0.342 e. The van der Waals surface area contributed by atoms with Crippen LogP contribution in [0.2, 0.25) is 0 Å². The van der Waals surface area contributed by atoms with Crippen LogP contribution in [0.5, 0.6) is 0 Å².